The average molecular weight is 325 g/mol. The van der Waals surface area contributed by atoms with Crippen LogP contribution in [-0.4, -0.2) is 51.5 Å². The maximum absolute atomic E-state index is 5.39. The van der Waals surface area contributed by atoms with E-state index in [0.29, 0.717) is 30.9 Å². The van der Waals surface area contributed by atoms with Crippen LogP contribution in [0, 0.1) is 0 Å². The van der Waals surface area contributed by atoms with Gasteiger partial charge >= 0.3 is 6.01 Å². The Hall–Kier alpha value is -3.07. The first kappa shape index (κ1) is 14.5. The van der Waals surface area contributed by atoms with E-state index in [1.165, 1.54) is 6.39 Å². The fraction of sp³-hybridized carbons (Fsp3) is 0.267. The molecule has 4 rings (SSSR count). The van der Waals surface area contributed by atoms with Gasteiger partial charge in [0.25, 0.3) is 0 Å². The number of ether oxygens (including phenoxy) is 1. The van der Waals surface area contributed by atoms with E-state index in [4.69, 9.17) is 9.15 Å². The highest BCUT2D eigenvalue weighted by Gasteiger charge is 2.17. The molecule has 0 unspecified atom stereocenters. The Morgan fingerprint density at radius 3 is 2.58 bits per heavy atom. The Labute approximate surface area is 137 Å². The number of hydrogen-bond donors (Lipinski definition) is 1. The maximum Gasteiger partial charge on any atom is 0.322 e. The molecule has 1 aliphatic heterocycles. The second-order valence-corrected chi connectivity index (χ2v) is 5.12. The minimum absolute atomic E-state index is 0.230. The fourth-order valence-electron chi connectivity index (χ4n) is 2.36. The zero-order valence-electron chi connectivity index (χ0n) is 12.8. The number of nitrogens with one attached hydrogen (secondary N) is 1. The van der Waals surface area contributed by atoms with E-state index in [2.05, 4.69) is 35.4 Å². The quantitative estimate of drug-likeness (QED) is 0.764. The lowest BCUT2D eigenvalue weighted by Crippen LogP contribution is -2.37. The summed E-state index contributed by atoms with van der Waals surface area (Å²) in [6.07, 6.45) is 1.24. The predicted octanol–water partition coefficient (Wildman–Crippen LogP) is 1.50. The van der Waals surface area contributed by atoms with E-state index in [0.717, 1.165) is 18.7 Å². The van der Waals surface area contributed by atoms with Gasteiger partial charge in [0.15, 0.2) is 5.82 Å². The first-order valence-electron chi connectivity index (χ1n) is 7.56. The lowest BCUT2D eigenvalue weighted by atomic mass is 10.2. The molecule has 24 heavy (non-hydrogen) atoms. The minimum atomic E-state index is 0.230. The molecule has 122 valence electrons. The topological polar surface area (TPSA) is 102 Å². The summed E-state index contributed by atoms with van der Waals surface area (Å²) in [6, 6.07) is 9.97. The van der Waals surface area contributed by atoms with E-state index in [1.54, 1.807) is 0 Å². The molecule has 2 aromatic heterocycles. The van der Waals surface area contributed by atoms with Crippen LogP contribution in [-0.2, 0) is 4.74 Å². The lowest BCUT2D eigenvalue weighted by Gasteiger charge is -2.27. The molecule has 0 aliphatic carbocycles. The van der Waals surface area contributed by atoms with Gasteiger partial charge in [-0.1, -0.05) is 35.4 Å². The summed E-state index contributed by atoms with van der Waals surface area (Å²) in [6.45, 7) is 2.77. The highest BCUT2D eigenvalue weighted by atomic mass is 16.5. The SMILES string of the molecule is c1ccc(-c2nc(Nc3nnco3)nc(N3CCOCC3)n2)cc1. The van der Waals surface area contributed by atoms with Crippen molar-refractivity contribution in [3.8, 4) is 11.4 Å². The van der Waals surface area contributed by atoms with Crippen molar-refractivity contribution in [3.63, 3.8) is 0 Å². The van der Waals surface area contributed by atoms with Crippen molar-refractivity contribution >= 4 is 17.9 Å². The molecule has 1 fully saturated rings. The lowest BCUT2D eigenvalue weighted by molar-refractivity contribution is 0.122. The van der Waals surface area contributed by atoms with Crippen LogP contribution < -0.4 is 10.2 Å². The van der Waals surface area contributed by atoms with E-state index in [1.807, 2.05) is 30.3 Å². The third kappa shape index (κ3) is 3.15. The molecule has 0 radical (unpaired) electrons. The standard InChI is InChI=1S/C15H15N7O2/c1-2-4-11(5-3-1)12-17-13(20-15-21-16-10-24-15)19-14(18-12)22-6-8-23-9-7-22/h1-5,10H,6-9H2,(H,17,18,19,20,21). The number of benzene rings is 1. The average Bonchev–Trinajstić information content (AvgIpc) is 3.16. The fourth-order valence-corrected chi connectivity index (χ4v) is 2.36. The number of morpholine rings is 1. The van der Waals surface area contributed by atoms with Gasteiger partial charge in [0.2, 0.25) is 18.3 Å². The van der Waals surface area contributed by atoms with Crippen LogP contribution in [0.25, 0.3) is 11.4 Å². The van der Waals surface area contributed by atoms with Gasteiger partial charge in [0.1, 0.15) is 0 Å². The summed E-state index contributed by atoms with van der Waals surface area (Å²) < 4.78 is 10.5. The first-order chi connectivity index (χ1) is 11.9. The van der Waals surface area contributed by atoms with Crippen molar-refractivity contribution in [1.82, 2.24) is 25.1 Å². The van der Waals surface area contributed by atoms with Gasteiger partial charge in [-0.15, -0.1) is 5.10 Å². The highest BCUT2D eigenvalue weighted by molar-refractivity contribution is 5.59. The number of nitrogens with zero attached hydrogens (tertiary/aromatic N) is 6. The first-order valence-corrected chi connectivity index (χ1v) is 7.56. The summed E-state index contributed by atoms with van der Waals surface area (Å²) in [5, 5.41) is 10.3. The smallest absolute Gasteiger partial charge is 0.322 e. The van der Waals surface area contributed by atoms with Gasteiger partial charge in [-0.2, -0.15) is 15.0 Å². The molecule has 9 nitrogen and oxygen atoms in total. The summed E-state index contributed by atoms with van der Waals surface area (Å²) in [7, 11) is 0. The molecular weight excluding hydrogens is 310 g/mol. The third-order valence-electron chi connectivity index (χ3n) is 3.53. The Balaban J connectivity index is 1.72. The van der Waals surface area contributed by atoms with Crippen LogP contribution in [0.2, 0.25) is 0 Å². The van der Waals surface area contributed by atoms with Crippen molar-refractivity contribution in [2.45, 2.75) is 0 Å². The minimum Gasteiger partial charge on any atom is -0.411 e. The summed E-state index contributed by atoms with van der Waals surface area (Å²) in [4.78, 5) is 15.6. The molecule has 0 bridgehead atoms. The van der Waals surface area contributed by atoms with Crippen LogP contribution >= 0.6 is 0 Å². The van der Waals surface area contributed by atoms with Crippen LogP contribution in [0.1, 0.15) is 0 Å². The second-order valence-electron chi connectivity index (χ2n) is 5.12. The number of aromatic nitrogens is 5. The molecule has 0 amide bonds. The van der Waals surface area contributed by atoms with Crippen molar-refractivity contribution in [3.05, 3.63) is 36.7 Å². The molecule has 1 saturated heterocycles. The van der Waals surface area contributed by atoms with Crippen LogP contribution in [0.5, 0.6) is 0 Å². The van der Waals surface area contributed by atoms with Gasteiger partial charge in [0.05, 0.1) is 13.2 Å². The maximum atomic E-state index is 5.39. The molecule has 0 saturated carbocycles. The van der Waals surface area contributed by atoms with E-state index in [9.17, 15) is 0 Å². The van der Waals surface area contributed by atoms with Gasteiger partial charge in [0, 0.05) is 18.7 Å². The Bertz CT molecular complexity index is 789. The molecule has 9 heteroatoms. The van der Waals surface area contributed by atoms with Gasteiger partial charge < -0.3 is 14.1 Å². The Morgan fingerprint density at radius 1 is 1.00 bits per heavy atom. The molecule has 1 N–H and O–H groups in total. The van der Waals surface area contributed by atoms with E-state index >= 15 is 0 Å². The molecule has 1 aliphatic rings. The normalized spacial score (nSPS) is 14.6. The molecule has 3 heterocycles. The van der Waals surface area contributed by atoms with E-state index in [-0.39, 0.29) is 6.01 Å². The van der Waals surface area contributed by atoms with Crippen LogP contribution in [0.4, 0.5) is 17.9 Å². The van der Waals surface area contributed by atoms with E-state index < -0.39 is 0 Å². The molecular formula is C15H15N7O2. The number of anilines is 3. The van der Waals surface area contributed by atoms with Crippen LogP contribution in [0.15, 0.2) is 41.1 Å². The number of rotatable bonds is 4. The van der Waals surface area contributed by atoms with Crippen molar-refractivity contribution in [2.24, 2.45) is 0 Å². The van der Waals surface area contributed by atoms with Crippen molar-refractivity contribution in [1.29, 1.82) is 0 Å². The summed E-state index contributed by atoms with van der Waals surface area (Å²) >= 11 is 0. The van der Waals surface area contributed by atoms with Crippen molar-refractivity contribution < 1.29 is 9.15 Å². The summed E-state index contributed by atoms with van der Waals surface area (Å²) in [5.41, 5.74) is 0.906. The van der Waals surface area contributed by atoms with Gasteiger partial charge in [-0.3, -0.25) is 5.32 Å². The molecule has 0 atom stereocenters. The molecule has 1 aromatic carbocycles. The second kappa shape index (κ2) is 6.59. The number of hydrogen-bond acceptors (Lipinski definition) is 9. The Kier molecular flexibility index (Phi) is 3.98. The monoisotopic (exact) mass is 325 g/mol. The zero-order chi connectivity index (χ0) is 16.2. The Morgan fingerprint density at radius 2 is 1.83 bits per heavy atom. The largest absolute Gasteiger partial charge is 0.411 e. The molecule has 3 aromatic rings. The summed E-state index contributed by atoms with van der Waals surface area (Å²) in [5.74, 6) is 1.53. The van der Waals surface area contributed by atoms with Gasteiger partial charge in [-0.25, -0.2) is 0 Å². The highest BCUT2D eigenvalue weighted by Crippen LogP contribution is 2.21. The van der Waals surface area contributed by atoms with Crippen LogP contribution in [0.3, 0.4) is 0 Å². The third-order valence-corrected chi connectivity index (χ3v) is 3.53. The van der Waals surface area contributed by atoms with Crippen molar-refractivity contribution in [2.75, 3.05) is 36.5 Å². The predicted molar refractivity (Wildman–Crippen MR) is 85.9 cm³/mol. The molecule has 0 spiro atoms. The van der Waals surface area contributed by atoms with Gasteiger partial charge in [-0.05, 0) is 0 Å². The zero-order valence-corrected chi connectivity index (χ0v) is 12.8.